The van der Waals surface area contributed by atoms with E-state index in [4.69, 9.17) is 0 Å². The highest BCUT2D eigenvalue weighted by molar-refractivity contribution is 9.15. The molecule has 1 heteroatoms. The molecule has 0 saturated heterocycles. The zero-order chi connectivity index (χ0) is 23.1. The molecule has 0 nitrogen and oxygen atoms in total. The number of benzene rings is 4. The molecule has 33 heavy (non-hydrogen) atoms. The van der Waals surface area contributed by atoms with E-state index in [1.54, 1.807) is 0 Å². The Morgan fingerprint density at radius 1 is 0.879 bits per heavy atom. The van der Waals surface area contributed by atoms with Crippen LogP contribution in [0.3, 0.4) is 0 Å². The molecular weight excluding hydrogens is 464 g/mol. The van der Waals surface area contributed by atoms with Crippen molar-refractivity contribution < 1.29 is 0 Å². The Hall–Kier alpha value is -3.16. The second-order valence-electron chi connectivity index (χ2n) is 8.39. The Morgan fingerprint density at radius 2 is 1.52 bits per heavy atom. The van der Waals surface area contributed by atoms with Crippen LogP contribution in [-0.2, 0) is 0 Å². The van der Waals surface area contributed by atoms with Crippen molar-refractivity contribution in [3.05, 3.63) is 120 Å². The highest BCUT2D eigenvalue weighted by Gasteiger charge is 2.30. The summed E-state index contributed by atoms with van der Waals surface area (Å²) >= 11 is 3.63. The predicted molar refractivity (Wildman–Crippen MR) is 151 cm³/mol. The van der Waals surface area contributed by atoms with Crippen molar-refractivity contribution >= 4 is 59.2 Å². The van der Waals surface area contributed by atoms with Gasteiger partial charge in [0.05, 0.1) is 0 Å². The molecule has 4 aromatic carbocycles. The fourth-order valence-corrected chi connectivity index (χ4v) is 5.65. The smallest absolute Gasteiger partial charge is 0.0288 e. The van der Waals surface area contributed by atoms with E-state index in [0.29, 0.717) is 0 Å². The molecule has 0 radical (unpaired) electrons. The second kappa shape index (κ2) is 8.65. The molecular formula is C32H27Br. The average Bonchev–Trinajstić information content (AvgIpc) is 2.85. The van der Waals surface area contributed by atoms with Gasteiger partial charge >= 0.3 is 0 Å². The van der Waals surface area contributed by atoms with Crippen LogP contribution in [0.4, 0.5) is 0 Å². The first-order valence-corrected chi connectivity index (χ1v) is 12.4. The van der Waals surface area contributed by atoms with Gasteiger partial charge in [-0.1, -0.05) is 122 Å². The summed E-state index contributed by atoms with van der Waals surface area (Å²) in [7, 11) is 0. The summed E-state index contributed by atoms with van der Waals surface area (Å²) in [5, 5.41) is 5.23. The van der Waals surface area contributed by atoms with Crippen molar-refractivity contribution in [3.8, 4) is 0 Å². The first-order chi connectivity index (χ1) is 16.1. The lowest BCUT2D eigenvalue weighted by atomic mass is 9.71. The van der Waals surface area contributed by atoms with Crippen LogP contribution < -0.4 is 0 Å². The molecule has 4 aromatic rings. The van der Waals surface area contributed by atoms with E-state index in [1.807, 2.05) is 13.8 Å². The minimum absolute atomic E-state index is 0.203. The van der Waals surface area contributed by atoms with Gasteiger partial charge in [0.1, 0.15) is 0 Å². The topological polar surface area (TPSA) is 0 Å². The van der Waals surface area contributed by atoms with E-state index in [9.17, 15) is 0 Å². The number of hydrogen-bond donors (Lipinski definition) is 0. The number of allylic oxidation sites excluding steroid dienone is 4. The Balaban J connectivity index is 0.00000111. The largest absolute Gasteiger partial charge is 0.0949 e. The molecule has 1 unspecified atom stereocenters. The summed E-state index contributed by atoms with van der Waals surface area (Å²) in [5.41, 5.74) is 8.91. The average molecular weight is 491 g/mol. The summed E-state index contributed by atoms with van der Waals surface area (Å²) in [6.07, 6.45) is 7.92. The Labute approximate surface area is 204 Å². The SMILES string of the molecule is C=C(Br)c1ccc2c3c1C(=C)CC=C3C(c1c3ccccc3cc3ccccc13)C=C2.CC. The van der Waals surface area contributed by atoms with E-state index >= 15 is 0 Å². The molecule has 0 saturated carbocycles. The highest BCUT2D eigenvalue weighted by Crippen LogP contribution is 2.50. The third-order valence-corrected chi connectivity index (χ3v) is 7.09. The number of fused-ring (bicyclic) bond motifs is 2. The lowest BCUT2D eigenvalue weighted by molar-refractivity contribution is 1.10. The van der Waals surface area contributed by atoms with Gasteiger partial charge in [0.2, 0.25) is 0 Å². The normalized spacial score (nSPS) is 16.2. The number of halogens is 1. The lowest BCUT2D eigenvalue weighted by Gasteiger charge is -2.32. The van der Waals surface area contributed by atoms with Crippen molar-refractivity contribution in [1.82, 2.24) is 0 Å². The van der Waals surface area contributed by atoms with Crippen molar-refractivity contribution in [3.63, 3.8) is 0 Å². The predicted octanol–water partition coefficient (Wildman–Crippen LogP) is 10.00. The molecule has 1 atom stereocenters. The van der Waals surface area contributed by atoms with Crippen molar-refractivity contribution in [2.75, 3.05) is 0 Å². The van der Waals surface area contributed by atoms with Gasteiger partial charge in [0.25, 0.3) is 0 Å². The molecule has 0 aliphatic heterocycles. The highest BCUT2D eigenvalue weighted by atomic mass is 79.9. The van der Waals surface area contributed by atoms with Gasteiger partial charge in [-0.25, -0.2) is 0 Å². The van der Waals surface area contributed by atoms with Crippen LogP contribution >= 0.6 is 15.9 Å². The van der Waals surface area contributed by atoms with Crippen LogP contribution in [0.1, 0.15) is 54.0 Å². The molecule has 162 valence electrons. The number of hydrogen-bond acceptors (Lipinski definition) is 0. The van der Waals surface area contributed by atoms with E-state index in [0.717, 1.165) is 22.0 Å². The van der Waals surface area contributed by atoms with Gasteiger partial charge in [0, 0.05) is 10.4 Å². The Kier molecular flexibility index (Phi) is 5.68. The zero-order valence-corrected chi connectivity index (χ0v) is 20.7. The Morgan fingerprint density at radius 3 is 2.15 bits per heavy atom. The quantitative estimate of drug-likeness (QED) is 0.245. The molecule has 0 N–H and O–H groups in total. The summed E-state index contributed by atoms with van der Waals surface area (Å²) in [5.74, 6) is 0.203. The summed E-state index contributed by atoms with van der Waals surface area (Å²) in [6.45, 7) is 12.6. The first kappa shape index (κ1) is 21.7. The molecule has 0 aromatic heterocycles. The number of rotatable bonds is 2. The maximum Gasteiger partial charge on any atom is 0.0288 e. The molecule has 6 rings (SSSR count). The van der Waals surface area contributed by atoms with Crippen molar-refractivity contribution in [1.29, 1.82) is 0 Å². The molecule has 2 aliphatic rings. The molecule has 0 amide bonds. The summed E-state index contributed by atoms with van der Waals surface area (Å²) in [4.78, 5) is 0. The third-order valence-electron chi connectivity index (χ3n) is 6.67. The van der Waals surface area contributed by atoms with E-state index < -0.39 is 0 Å². The van der Waals surface area contributed by atoms with Crippen molar-refractivity contribution in [2.24, 2.45) is 0 Å². The van der Waals surface area contributed by atoms with Gasteiger partial charge in [-0.2, -0.15) is 0 Å². The van der Waals surface area contributed by atoms with Gasteiger partial charge in [-0.05, 0) is 73.0 Å². The van der Waals surface area contributed by atoms with E-state index in [-0.39, 0.29) is 5.92 Å². The lowest BCUT2D eigenvalue weighted by Crippen LogP contribution is -2.13. The molecule has 0 heterocycles. The van der Waals surface area contributed by atoms with Gasteiger partial charge in [-0.15, -0.1) is 0 Å². The summed E-state index contributed by atoms with van der Waals surface area (Å²) < 4.78 is 0.911. The van der Waals surface area contributed by atoms with Crippen LogP contribution in [0.15, 0.2) is 92.0 Å². The maximum absolute atomic E-state index is 4.40. The van der Waals surface area contributed by atoms with Gasteiger partial charge < -0.3 is 0 Å². The monoisotopic (exact) mass is 490 g/mol. The van der Waals surface area contributed by atoms with Crippen LogP contribution in [0.2, 0.25) is 0 Å². The van der Waals surface area contributed by atoms with Crippen LogP contribution in [-0.4, -0.2) is 0 Å². The molecule has 0 spiro atoms. The van der Waals surface area contributed by atoms with Crippen molar-refractivity contribution in [2.45, 2.75) is 26.2 Å². The fourth-order valence-electron chi connectivity index (χ4n) is 5.32. The molecule has 2 aliphatic carbocycles. The minimum Gasteiger partial charge on any atom is -0.0949 e. The van der Waals surface area contributed by atoms with Crippen LogP contribution in [0.25, 0.3) is 43.2 Å². The van der Waals surface area contributed by atoms with Gasteiger partial charge in [0.15, 0.2) is 0 Å². The minimum atomic E-state index is 0.203. The first-order valence-electron chi connectivity index (χ1n) is 11.6. The maximum atomic E-state index is 4.40. The van der Waals surface area contributed by atoms with Gasteiger partial charge in [-0.3, -0.25) is 0 Å². The van der Waals surface area contributed by atoms with Crippen LogP contribution in [0.5, 0.6) is 0 Å². The second-order valence-corrected chi connectivity index (χ2v) is 9.35. The fraction of sp³-hybridized carbons (Fsp3) is 0.125. The summed E-state index contributed by atoms with van der Waals surface area (Å²) in [6, 6.07) is 24.2. The van der Waals surface area contributed by atoms with E-state index in [2.05, 4.69) is 114 Å². The van der Waals surface area contributed by atoms with E-state index in [1.165, 1.54) is 49.4 Å². The Bertz CT molecular complexity index is 1440. The molecule has 0 fully saturated rings. The standard InChI is InChI=1S/C30H21Br.C2H6/c1-18-11-14-26-27(16-13-20-12-15-23(19(2)31)28(18)29(20)26)30-24-9-5-3-7-21(24)17-22-8-4-6-10-25(22)30;1-2/h3-10,12-17,27H,1-2,11H2;1-2H3. The van der Waals surface area contributed by atoms with Crippen LogP contribution in [0, 0.1) is 0 Å². The zero-order valence-electron chi connectivity index (χ0n) is 19.2. The molecule has 0 bridgehead atoms. The third kappa shape index (κ3) is 3.43.